The van der Waals surface area contributed by atoms with Crippen molar-refractivity contribution in [3.63, 3.8) is 0 Å². The second-order valence-corrected chi connectivity index (χ2v) is 10.3. The number of carbonyl (C=O) groups excluding carboxylic acids is 1. The molecule has 0 saturated heterocycles. The van der Waals surface area contributed by atoms with Crippen LogP contribution in [0.1, 0.15) is 62.5 Å². The molecule has 0 bridgehead atoms. The highest BCUT2D eigenvalue weighted by molar-refractivity contribution is 6.04. The number of nitrogens with one attached hydrogen (secondary N) is 1. The third-order valence-corrected chi connectivity index (χ3v) is 6.77. The fraction of sp³-hybridized carbons (Fsp3) is 0.243. The van der Waals surface area contributed by atoms with Crippen molar-refractivity contribution in [3.8, 4) is 17.1 Å². The second-order valence-electron chi connectivity index (χ2n) is 10.3. The molecule has 0 unspecified atom stereocenters. The van der Waals surface area contributed by atoms with E-state index in [9.17, 15) is 4.79 Å². The van der Waals surface area contributed by atoms with Crippen LogP contribution in [0, 0.1) is 13.8 Å². The molecule has 4 aromatic carbocycles. The van der Waals surface area contributed by atoms with Gasteiger partial charge in [-0.15, -0.1) is 17.5 Å². The molecule has 5 rings (SSSR count). The Morgan fingerprint density at radius 3 is 1.93 bits per heavy atom. The lowest BCUT2D eigenvalue weighted by Gasteiger charge is -2.07. The summed E-state index contributed by atoms with van der Waals surface area (Å²) in [5, 5.41) is 4.74. The monoisotopic (exact) mass is 624 g/mol. The largest absolute Gasteiger partial charge is 0.324 e. The maximum Gasteiger partial charge on any atom is 0.245 e. The van der Waals surface area contributed by atoms with Gasteiger partial charge in [0.1, 0.15) is 5.82 Å². The van der Waals surface area contributed by atoms with Gasteiger partial charge in [0.15, 0.2) is 5.82 Å². The summed E-state index contributed by atoms with van der Waals surface area (Å²) in [4.78, 5) is 20.0. The molecule has 0 atom stereocenters. The molecule has 236 valence electrons. The number of benzene rings is 4. The smallest absolute Gasteiger partial charge is 0.245 e. The zero-order valence-electron chi connectivity index (χ0n) is 26.9. The summed E-state index contributed by atoms with van der Waals surface area (Å²) in [7, 11) is 0. The lowest BCUT2D eigenvalue weighted by atomic mass is 10.1. The van der Waals surface area contributed by atoms with Crippen molar-refractivity contribution < 1.29 is 4.79 Å². The average Bonchev–Trinajstić information content (AvgIpc) is 3.47. The van der Waals surface area contributed by atoms with Crippen LogP contribution in [0.3, 0.4) is 0 Å². The lowest BCUT2D eigenvalue weighted by molar-refractivity contribution is -0.117. The van der Waals surface area contributed by atoms with Crippen molar-refractivity contribution in [2.45, 2.75) is 60.3 Å². The summed E-state index contributed by atoms with van der Waals surface area (Å²) in [6.07, 6.45) is 3.36. The summed E-state index contributed by atoms with van der Waals surface area (Å²) in [6, 6.07) is 36.1. The van der Waals surface area contributed by atoms with Gasteiger partial charge >= 0.3 is 0 Å². The number of hydrogen-bond donors (Lipinski definition) is 2. The average molecular weight is 625 g/mol. The molecule has 7 nitrogen and oxygen atoms in total. The molecule has 0 saturated carbocycles. The number of carbonyl (C=O) groups is 1. The van der Waals surface area contributed by atoms with Gasteiger partial charge in [0.25, 0.3) is 0 Å². The van der Waals surface area contributed by atoms with Crippen LogP contribution in [-0.2, 0) is 11.2 Å². The van der Waals surface area contributed by atoms with Gasteiger partial charge in [0.2, 0.25) is 5.91 Å². The predicted octanol–water partition coefficient (Wildman–Crippen LogP) is 8.72. The minimum absolute atomic E-state index is 0. The third-order valence-electron chi connectivity index (χ3n) is 6.77. The van der Waals surface area contributed by atoms with Gasteiger partial charge in [-0.25, -0.2) is 14.7 Å². The molecule has 8 heteroatoms. The number of anilines is 1. The van der Waals surface area contributed by atoms with E-state index in [1.165, 1.54) is 11.1 Å². The van der Waals surface area contributed by atoms with Crippen LogP contribution in [-0.4, -0.2) is 26.4 Å². The molecule has 0 aliphatic carbocycles. The summed E-state index contributed by atoms with van der Waals surface area (Å²) in [5.41, 5.74) is 9.92. The van der Waals surface area contributed by atoms with E-state index >= 15 is 0 Å². The summed E-state index contributed by atoms with van der Waals surface area (Å²) in [6.45, 7) is 10.1. The number of rotatable bonds is 8. The van der Waals surface area contributed by atoms with Crippen LogP contribution >= 0.6 is 12.4 Å². The van der Waals surface area contributed by atoms with Gasteiger partial charge in [0.05, 0.1) is 11.4 Å². The van der Waals surface area contributed by atoms with Crippen molar-refractivity contribution in [3.05, 3.63) is 132 Å². The number of halogens is 1. The molecule has 1 amide bonds. The molecule has 45 heavy (non-hydrogen) atoms. The zero-order chi connectivity index (χ0) is 31.7. The first-order valence-corrected chi connectivity index (χ1v) is 15.1. The Morgan fingerprint density at radius 2 is 1.38 bits per heavy atom. The van der Waals surface area contributed by atoms with Crippen LogP contribution in [0.25, 0.3) is 17.1 Å². The standard InChI is InChI=1S/C18H19N3.C12H15NO.C7H10N2.ClH/c1-3-9-17-19-18(15-11-5-4-6-12-15)20-21(17)16-13-8-7-10-14(16)2;1-3-7-12(14)13-10(2)11-8-5-4-6-9-11;1-6-4-2-3-5-7(6)9-8;/h4-8,10-13H,3,9H2,1-2H3;4-6,8-9H,3,7H2,1-2H3;2-5,9H,8H2,1H3;1H. The zero-order valence-corrected chi connectivity index (χ0v) is 27.7. The number of nitrogens with zero attached hydrogens (tertiary/aromatic N) is 4. The second kappa shape index (κ2) is 19.6. The Labute approximate surface area is 274 Å². The topological polar surface area (TPSA) is 98.2 Å². The highest BCUT2D eigenvalue weighted by Crippen LogP contribution is 2.21. The Morgan fingerprint density at radius 1 is 0.800 bits per heavy atom. The maximum atomic E-state index is 11.2. The van der Waals surface area contributed by atoms with Gasteiger partial charge in [-0.05, 0) is 62.4 Å². The van der Waals surface area contributed by atoms with E-state index in [0.29, 0.717) is 6.42 Å². The van der Waals surface area contributed by atoms with Gasteiger partial charge in [0, 0.05) is 24.1 Å². The van der Waals surface area contributed by atoms with Gasteiger partial charge in [-0.1, -0.05) is 111 Å². The van der Waals surface area contributed by atoms with Gasteiger partial charge < -0.3 is 5.43 Å². The predicted molar refractivity (Wildman–Crippen MR) is 190 cm³/mol. The number of aliphatic imine (C=N–C) groups is 1. The van der Waals surface area contributed by atoms with E-state index in [1.54, 1.807) is 0 Å². The van der Waals surface area contributed by atoms with Crippen LogP contribution in [0.5, 0.6) is 0 Å². The summed E-state index contributed by atoms with van der Waals surface area (Å²) >= 11 is 0. The molecule has 3 N–H and O–H groups in total. The SMILES string of the molecule is CCCC(=O)N=C(C)c1ccccc1.CCCc1nc(-c2ccccc2)nn1-c1ccccc1C.Cc1ccccc1NN.Cl. The van der Waals surface area contributed by atoms with Crippen molar-refractivity contribution in [1.29, 1.82) is 0 Å². The molecule has 1 heterocycles. The lowest BCUT2D eigenvalue weighted by Crippen LogP contribution is -2.07. The van der Waals surface area contributed by atoms with E-state index in [-0.39, 0.29) is 18.3 Å². The minimum Gasteiger partial charge on any atom is -0.324 e. The van der Waals surface area contributed by atoms with Crippen molar-refractivity contribution >= 4 is 29.7 Å². The number of hydrogen-bond acceptors (Lipinski definition) is 5. The van der Waals surface area contributed by atoms with E-state index in [2.05, 4.69) is 36.4 Å². The number of amides is 1. The first-order valence-electron chi connectivity index (χ1n) is 15.1. The maximum absolute atomic E-state index is 11.2. The molecular weight excluding hydrogens is 580 g/mol. The van der Waals surface area contributed by atoms with Crippen molar-refractivity contribution in [1.82, 2.24) is 14.8 Å². The Hall–Kier alpha value is -4.59. The normalized spacial score (nSPS) is 10.4. The Kier molecular flexibility index (Phi) is 16.0. The third kappa shape index (κ3) is 11.4. The number of nitrogen functional groups attached to an aromatic ring is 1. The van der Waals surface area contributed by atoms with Gasteiger partial charge in [-0.2, -0.15) is 0 Å². The molecular formula is C37H45ClN6O. The Bertz CT molecular complexity index is 1620. The quantitative estimate of drug-likeness (QED) is 0.102. The molecule has 0 aliphatic rings. The number of para-hydroxylation sites is 2. The number of hydrazine groups is 1. The van der Waals surface area contributed by atoms with Crippen LogP contribution in [0.2, 0.25) is 0 Å². The molecule has 5 aromatic rings. The first kappa shape index (κ1) is 36.6. The Balaban J connectivity index is 0.000000255. The molecule has 1 aromatic heterocycles. The highest BCUT2D eigenvalue weighted by atomic mass is 35.5. The van der Waals surface area contributed by atoms with Gasteiger partial charge in [-0.3, -0.25) is 10.6 Å². The van der Waals surface area contributed by atoms with Crippen molar-refractivity contribution in [2.24, 2.45) is 10.8 Å². The fourth-order valence-corrected chi connectivity index (χ4v) is 4.37. The van der Waals surface area contributed by atoms with E-state index < -0.39 is 0 Å². The molecule has 0 aliphatic heterocycles. The molecule has 0 radical (unpaired) electrons. The van der Waals surface area contributed by atoms with Crippen LogP contribution < -0.4 is 11.3 Å². The number of aromatic nitrogens is 3. The molecule has 0 spiro atoms. The number of nitrogens with two attached hydrogens (primary N) is 1. The fourth-order valence-electron chi connectivity index (χ4n) is 4.37. The highest BCUT2D eigenvalue weighted by Gasteiger charge is 2.13. The van der Waals surface area contributed by atoms with E-state index in [4.69, 9.17) is 15.9 Å². The van der Waals surface area contributed by atoms with E-state index in [1.807, 2.05) is 123 Å². The summed E-state index contributed by atoms with van der Waals surface area (Å²) in [5.74, 6) is 6.98. The van der Waals surface area contributed by atoms with Crippen molar-refractivity contribution in [2.75, 3.05) is 5.43 Å². The van der Waals surface area contributed by atoms with Crippen LogP contribution in [0.15, 0.2) is 114 Å². The first-order chi connectivity index (χ1) is 21.4. The minimum atomic E-state index is -0.0335. The van der Waals surface area contributed by atoms with Crippen LogP contribution in [0.4, 0.5) is 5.69 Å². The summed E-state index contributed by atoms with van der Waals surface area (Å²) < 4.78 is 1.99. The molecule has 0 fully saturated rings. The van der Waals surface area contributed by atoms with E-state index in [0.717, 1.165) is 59.1 Å². The number of aryl methyl sites for hydroxylation is 3.